The predicted molar refractivity (Wildman–Crippen MR) is 86.5 cm³/mol. The second-order valence-corrected chi connectivity index (χ2v) is 6.58. The second-order valence-electron chi connectivity index (χ2n) is 6.58. The van der Waals surface area contributed by atoms with Gasteiger partial charge in [-0.15, -0.1) is 0 Å². The number of nitrogens with two attached hydrogens (primary N) is 1. The zero-order valence-electron chi connectivity index (χ0n) is 13.7. The maximum Gasteiger partial charge on any atom is 0.230 e. The summed E-state index contributed by atoms with van der Waals surface area (Å²) in [6.45, 7) is 0.848. The number of amides is 1. The third-order valence-electron chi connectivity index (χ3n) is 5.03. The topological polar surface area (TPSA) is 133 Å². The molecule has 4 atom stereocenters. The van der Waals surface area contributed by atoms with Crippen LogP contribution in [0, 0.1) is 34.5 Å². The molecule has 1 aliphatic heterocycles. The van der Waals surface area contributed by atoms with E-state index in [2.05, 4.69) is 27.9 Å². The Labute approximate surface area is 144 Å². The van der Waals surface area contributed by atoms with Gasteiger partial charge < -0.3 is 16.4 Å². The van der Waals surface area contributed by atoms with Gasteiger partial charge in [0.1, 0.15) is 11.7 Å². The Morgan fingerprint density at radius 1 is 1.60 bits per heavy atom. The van der Waals surface area contributed by atoms with Crippen LogP contribution in [0.4, 0.5) is 10.2 Å². The van der Waals surface area contributed by atoms with Gasteiger partial charge in [-0.1, -0.05) is 0 Å². The smallest absolute Gasteiger partial charge is 0.230 e. The summed E-state index contributed by atoms with van der Waals surface area (Å²) in [7, 11) is 0. The van der Waals surface area contributed by atoms with Gasteiger partial charge in [0.05, 0.1) is 30.4 Å². The molecule has 1 aromatic rings. The van der Waals surface area contributed by atoms with Gasteiger partial charge in [-0.25, -0.2) is 4.39 Å². The molecule has 1 saturated heterocycles. The number of carbonyl (C=O) groups is 1. The normalized spacial score (nSPS) is 31.0. The van der Waals surface area contributed by atoms with E-state index in [-0.39, 0.29) is 43.1 Å². The Morgan fingerprint density at radius 2 is 2.40 bits per heavy atom. The van der Waals surface area contributed by atoms with E-state index in [0.717, 1.165) is 0 Å². The number of carbonyl (C=O) groups excluding carboxylic acids is 1. The average molecular weight is 345 g/mol. The van der Waals surface area contributed by atoms with Gasteiger partial charge in [0.25, 0.3) is 0 Å². The van der Waals surface area contributed by atoms with E-state index in [0.29, 0.717) is 24.9 Å². The fourth-order valence-electron chi connectivity index (χ4n) is 3.28. The highest BCUT2D eigenvalue weighted by Crippen LogP contribution is 2.39. The number of rotatable bonds is 5. The molecule has 2 heterocycles. The Morgan fingerprint density at radius 3 is 3.00 bits per heavy atom. The minimum Gasteiger partial charge on any atom is -0.326 e. The van der Waals surface area contributed by atoms with Crippen LogP contribution >= 0.6 is 0 Å². The molecule has 8 nitrogen and oxygen atoms in total. The predicted octanol–water partition coefficient (Wildman–Crippen LogP) is 0.380. The molecule has 0 radical (unpaired) electrons. The third-order valence-corrected chi connectivity index (χ3v) is 5.03. The minimum atomic E-state index is -1.28. The summed E-state index contributed by atoms with van der Waals surface area (Å²) in [5.41, 5.74) is 5.24. The molecule has 132 valence electrons. The van der Waals surface area contributed by atoms with E-state index < -0.39 is 11.7 Å². The molecule has 4 N–H and O–H groups in total. The first-order valence-electron chi connectivity index (χ1n) is 8.27. The van der Waals surface area contributed by atoms with Gasteiger partial charge in [-0.05, 0) is 19.4 Å². The quantitative estimate of drug-likeness (QED) is 0.707. The fourth-order valence-corrected chi connectivity index (χ4v) is 3.28. The van der Waals surface area contributed by atoms with Crippen LogP contribution in [0.3, 0.4) is 0 Å². The molecular formula is C16H20FN7O. The van der Waals surface area contributed by atoms with Crippen LogP contribution in [-0.4, -0.2) is 34.9 Å². The molecule has 3 rings (SSSR count). The number of anilines is 1. The number of piperidine rings is 1. The molecule has 0 bridgehead atoms. The Balaban J connectivity index is 1.87. The molecular weight excluding hydrogens is 325 g/mol. The second kappa shape index (κ2) is 6.79. The molecule has 9 heteroatoms. The monoisotopic (exact) mass is 345 g/mol. The van der Waals surface area contributed by atoms with Crippen molar-refractivity contribution in [3.8, 4) is 12.1 Å². The SMILES string of the molecule is N#CCC1(n2cc(CN)c(NC(=O)C3CC3C#N)n2)CCNCC1F. The molecule has 2 aliphatic rings. The van der Waals surface area contributed by atoms with Gasteiger partial charge in [0.15, 0.2) is 5.82 Å². The fraction of sp³-hybridized carbons (Fsp3) is 0.625. The highest BCUT2D eigenvalue weighted by atomic mass is 19.1. The molecule has 1 aliphatic carbocycles. The molecule has 1 saturated carbocycles. The van der Waals surface area contributed by atoms with Gasteiger partial charge in [0.2, 0.25) is 5.91 Å². The van der Waals surface area contributed by atoms with Crippen LogP contribution in [0.5, 0.6) is 0 Å². The maximum atomic E-state index is 14.7. The number of nitrogens with one attached hydrogen (secondary N) is 2. The van der Waals surface area contributed by atoms with Crippen molar-refractivity contribution in [3.05, 3.63) is 11.8 Å². The van der Waals surface area contributed by atoms with E-state index in [1.165, 1.54) is 4.68 Å². The average Bonchev–Trinajstić information content (AvgIpc) is 3.30. The minimum absolute atomic E-state index is 0.0198. The number of alkyl halides is 1. The lowest BCUT2D eigenvalue weighted by Gasteiger charge is -2.39. The Hall–Kier alpha value is -2.49. The van der Waals surface area contributed by atoms with E-state index in [1.807, 2.05) is 0 Å². The molecule has 1 amide bonds. The lowest BCUT2D eigenvalue weighted by Crippen LogP contribution is -2.53. The van der Waals surface area contributed by atoms with Crippen LogP contribution in [0.25, 0.3) is 0 Å². The first-order valence-corrected chi connectivity index (χ1v) is 8.27. The summed E-state index contributed by atoms with van der Waals surface area (Å²) in [5.74, 6) is -0.586. The maximum absolute atomic E-state index is 14.7. The van der Waals surface area contributed by atoms with Crippen LogP contribution in [0.1, 0.15) is 24.8 Å². The highest BCUT2D eigenvalue weighted by Gasteiger charge is 2.45. The van der Waals surface area contributed by atoms with Crippen molar-refractivity contribution < 1.29 is 9.18 Å². The summed E-state index contributed by atoms with van der Waals surface area (Å²) in [4.78, 5) is 12.2. The number of nitriles is 2. The Bertz CT molecular complexity index is 749. The third kappa shape index (κ3) is 3.09. The first-order chi connectivity index (χ1) is 12.1. The zero-order valence-corrected chi connectivity index (χ0v) is 13.7. The molecule has 4 unspecified atom stereocenters. The molecule has 2 fully saturated rings. The van der Waals surface area contributed by atoms with Crippen LogP contribution in [-0.2, 0) is 16.9 Å². The van der Waals surface area contributed by atoms with Crippen molar-refractivity contribution in [2.24, 2.45) is 17.6 Å². The van der Waals surface area contributed by atoms with Crippen molar-refractivity contribution in [3.63, 3.8) is 0 Å². The molecule has 0 spiro atoms. The van der Waals surface area contributed by atoms with Gasteiger partial charge in [-0.2, -0.15) is 15.6 Å². The van der Waals surface area contributed by atoms with E-state index in [1.54, 1.807) is 6.20 Å². The highest BCUT2D eigenvalue weighted by molar-refractivity contribution is 5.94. The number of hydrogen-bond donors (Lipinski definition) is 3. The number of hydrogen-bond acceptors (Lipinski definition) is 6. The van der Waals surface area contributed by atoms with E-state index in [9.17, 15) is 14.4 Å². The number of halogens is 1. The summed E-state index contributed by atoms with van der Waals surface area (Å²) in [6.07, 6.45) is 1.27. The van der Waals surface area contributed by atoms with Crippen molar-refractivity contribution in [2.75, 3.05) is 18.4 Å². The first kappa shape index (κ1) is 17.3. The lowest BCUT2D eigenvalue weighted by molar-refractivity contribution is -0.117. The van der Waals surface area contributed by atoms with Gasteiger partial charge in [-0.3, -0.25) is 9.48 Å². The van der Waals surface area contributed by atoms with Crippen molar-refractivity contribution >= 4 is 11.7 Å². The van der Waals surface area contributed by atoms with E-state index in [4.69, 9.17) is 11.0 Å². The molecule has 1 aromatic heterocycles. The van der Waals surface area contributed by atoms with Gasteiger partial charge in [0, 0.05) is 24.8 Å². The van der Waals surface area contributed by atoms with Crippen LogP contribution < -0.4 is 16.4 Å². The number of aromatic nitrogens is 2. The summed E-state index contributed by atoms with van der Waals surface area (Å²) >= 11 is 0. The standard InChI is InChI=1S/C16H20FN7O/c17-13-8-21-4-2-16(13,1-3-18)24-9-11(7-20)14(23-24)22-15(25)12-5-10(12)6-19/h9-10,12-13,21H,1-2,4-5,7-8,20H2,(H,22,23,25). The molecule has 0 aromatic carbocycles. The van der Waals surface area contributed by atoms with Crippen molar-refractivity contribution in [1.82, 2.24) is 15.1 Å². The Kier molecular flexibility index (Phi) is 4.71. The van der Waals surface area contributed by atoms with Gasteiger partial charge >= 0.3 is 0 Å². The van der Waals surface area contributed by atoms with Crippen molar-refractivity contribution in [1.29, 1.82) is 10.5 Å². The summed E-state index contributed by atoms with van der Waals surface area (Å²) in [6, 6.07) is 4.12. The van der Waals surface area contributed by atoms with Crippen molar-refractivity contribution in [2.45, 2.75) is 37.5 Å². The number of nitrogens with zero attached hydrogens (tertiary/aromatic N) is 4. The molecule has 25 heavy (non-hydrogen) atoms. The zero-order chi connectivity index (χ0) is 18.0. The lowest BCUT2D eigenvalue weighted by atomic mass is 9.84. The summed E-state index contributed by atoms with van der Waals surface area (Å²) in [5, 5.41) is 28.0. The summed E-state index contributed by atoms with van der Waals surface area (Å²) < 4.78 is 16.1. The van der Waals surface area contributed by atoms with E-state index >= 15 is 0 Å². The largest absolute Gasteiger partial charge is 0.326 e. The van der Waals surface area contributed by atoms with Crippen LogP contribution in [0.15, 0.2) is 6.20 Å². The van der Waals surface area contributed by atoms with Crippen LogP contribution in [0.2, 0.25) is 0 Å².